The second kappa shape index (κ2) is 4.70. The minimum atomic E-state index is -0.279. The Morgan fingerprint density at radius 3 is 2.72 bits per heavy atom. The van der Waals surface area contributed by atoms with Crippen LogP contribution in [-0.2, 0) is 0 Å². The Labute approximate surface area is 109 Å². The van der Waals surface area contributed by atoms with Crippen molar-refractivity contribution in [3.05, 3.63) is 50.9 Å². The quantitative estimate of drug-likeness (QED) is 0.814. The summed E-state index contributed by atoms with van der Waals surface area (Å²) in [5.74, 6) is 5.95. The van der Waals surface area contributed by atoms with E-state index in [-0.39, 0.29) is 11.5 Å². The Balaban J connectivity index is 2.40. The number of halogens is 1. The number of nitrogens with zero attached hydrogens (tertiary/aromatic N) is 2. The van der Waals surface area contributed by atoms with Crippen LogP contribution in [0.3, 0.4) is 0 Å². The molecule has 0 aliphatic heterocycles. The van der Waals surface area contributed by atoms with Gasteiger partial charge in [0.1, 0.15) is 0 Å². The van der Waals surface area contributed by atoms with Crippen molar-refractivity contribution in [1.29, 1.82) is 0 Å². The van der Waals surface area contributed by atoms with Crippen LogP contribution in [-0.4, -0.2) is 9.66 Å². The van der Waals surface area contributed by atoms with Gasteiger partial charge in [0, 0.05) is 22.5 Å². The van der Waals surface area contributed by atoms with Gasteiger partial charge in [0.2, 0.25) is 5.95 Å². The number of benzene rings is 1. The number of hydrogen-bond acceptors (Lipinski definition) is 4. The highest BCUT2D eigenvalue weighted by molar-refractivity contribution is 6.30. The molecular formula is C12H13ClN4O. The van der Waals surface area contributed by atoms with Crippen molar-refractivity contribution in [3.8, 4) is 0 Å². The van der Waals surface area contributed by atoms with Crippen molar-refractivity contribution in [2.45, 2.75) is 13.8 Å². The highest BCUT2D eigenvalue weighted by Gasteiger charge is 2.06. The molecule has 1 aromatic carbocycles. The molecule has 2 aromatic rings. The lowest BCUT2D eigenvalue weighted by atomic mass is 10.2. The van der Waals surface area contributed by atoms with Crippen LogP contribution in [0.25, 0.3) is 0 Å². The summed E-state index contributed by atoms with van der Waals surface area (Å²) in [5.41, 5.74) is 1.96. The average Bonchev–Trinajstić information content (AvgIpc) is 2.33. The summed E-state index contributed by atoms with van der Waals surface area (Å²) in [5, 5.41) is 3.66. The molecular weight excluding hydrogens is 252 g/mol. The fourth-order valence-electron chi connectivity index (χ4n) is 1.54. The normalized spacial score (nSPS) is 10.4. The standard InChI is InChI=1S/C12H13ClN4O/c1-7-5-9(13)3-4-10(7)16-12-15-6-8(2)11(18)17(12)14/h3-6H,14H2,1-2H3,(H,15,16). The van der Waals surface area contributed by atoms with Gasteiger partial charge >= 0.3 is 0 Å². The van der Waals surface area contributed by atoms with Gasteiger partial charge in [-0.15, -0.1) is 0 Å². The summed E-state index contributed by atoms with van der Waals surface area (Å²) in [6.07, 6.45) is 1.49. The molecule has 94 valence electrons. The number of hydrogen-bond donors (Lipinski definition) is 2. The van der Waals surface area contributed by atoms with Crippen molar-refractivity contribution in [3.63, 3.8) is 0 Å². The van der Waals surface area contributed by atoms with E-state index in [1.807, 2.05) is 19.1 Å². The zero-order chi connectivity index (χ0) is 13.3. The van der Waals surface area contributed by atoms with E-state index in [0.29, 0.717) is 10.6 Å². The minimum Gasteiger partial charge on any atom is -0.333 e. The maximum absolute atomic E-state index is 11.7. The van der Waals surface area contributed by atoms with Crippen LogP contribution in [0.1, 0.15) is 11.1 Å². The molecule has 1 aromatic heterocycles. The number of aryl methyl sites for hydroxylation is 2. The minimum absolute atomic E-state index is 0.279. The predicted octanol–water partition coefficient (Wildman–Crippen LogP) is 1.97. The van der Waals surface area contributed by atoms with Gasteiger partial charge in [0.25, 0.3) is 5.56 Å². The first-order valence-electron chi connectivity index (χ1n) is 5.36. The van der Waals surface area contributed by atoms with Gasteiger partial charge in [-0.1, -0.05) is 11.6 Å². The maximum Gasteiger partial charge on any atom is 0.276 e. The molecule has 3 N–H and O–H groups in total. The molecule has 0 saturated carbocycles. The van der Waals surface area contributed by atoms with Gasteiger partial charge in [-0.05, 0) is 37.6 Å². The van der Waals surface area contributed by atoms with Gasteiger partial charge in [-0.3, -0.25) is 4.79 Å². The first-order valence-corrected chi connectivity index (χ1v) is 5.73. The summed E-state index contributed by atoms with van der Waals surface area (Å²) >= 11 is 5.87. The summed E-state index contributed by atoms with van der Waals surface area (Å²) in [4.78, 5) is 15.7. The first kappa shape index (κ1) is 12.4. The lowest BCUT2D eigenvalue weighted by Gasteiger charge is -2.12. The number of rotatable bonds is 2. The van der Waals surface area contributed by atoms with Crippen LogP contribution in [0.15, 0.2) is 29.2 Å². The maximum atomic E-state index is 11.7. The molecule has 0 aliphatic carbocycles. The third kappa shape index (κ3) is 2.31. The fourth-order valence-corrected chi connectivity index (χ4v) is 1.77. The van der Waals surface area contributed by atoms with Crippen molar-refractivity contribution in [2.75, 3.05) is 11.2 Å². The molecule has 0 atom stereocenters. The molecule has 1 heterocycles. The van der Waals surface area contributed by atoms with Gasteiger partial charge in [-0.2, -0.15) is 4.68 Å². The topological polar surface area (TPSA) is 72.9 Å². The molecule has 2 rings (SSSR count). The SMILES string of the molecule is Cc1cc(Cl)ccc1Nc1ncc(C)c(=O)n1N. The van der Waals surface area contributed by atoms with Gasteiger partial charge < -0.3 is 11.2 Å². The number of nitrogen functional groups attached to an aromatic ring is 1. The van der Waals surface area contributed by atoms with E-state index in [2.05, 4.69) is 10.3 Å². The van der Waals surface area contributed by atoms with Crippen LogP contribution >= 0.6 is 11.6 Å². The Morgan fingerprint density at radius 2 is 2.06 bits per heavy atom. The zero-order valence-electron chi connectivity index (χ0n) is 10.1. The number of anilines is 2. The smallest absolute Gasteiger partial charge is 0.276 e. The third-order valence-corrected chi connectivity index (χ3v) is 2.83. The van der Waals surface area contributed by atoms with E-state index in [0.717, 1.165) is 15.9 Å². The van der Waals surface area contributed by atoms with Crippen LogP contribution in [0.2, 0.25) is 5.02 Å². The Hall–Kier alpha value is -2.01. The zero-order valence-corrected chi connectivity index (χ0v) is 10.8. The highest BCUT2D eigenvalue weighted by atomic mass is 35.5. The van der Waals surface area contributed by atoms with Gasteiger partial charge in [0.15, 0.2) is 0 Å². The lowest BCUT2D eigenvalue weighted by molar-refractivity contribution is 0.886. The fraction of sp³-hybridized carbons (Fsp3) is 0.167. The molecule has 5 nitrogen and oxygen atoms in total. The second-order valence-electron chi connectivity index (χ2n) is 4.02. The van der Waals surface area contributed by atoms with Gasteiger partial charge in [-0.25, -0.2) is 4.98 Å². The molecule has 18 heavy (non-hydrogen) atoms. The summed E-state index contributed by atoms with van der Waals surface area (Å²) < 4.78 is 0.989. The average molecular weight is 265 g/mol. The molecule has 0 spiro atoms. The van der Waals surface area contributed by atoms with Crippen LogP contribution in [0, 0.1) is 13.8 Å². The molecule has 0 saturated heterocycles. The van der Waals surface area contributed by atoms with E-state index in [4.69, 9.17) is 17.4 Å². The first-order chi connectivity index (χ1) is 8.49. The summed E-state index contributed by atoms with van der Waals surface area (Å²) in [6.45, 7) is 3.57. The Bertz CT molecular complexity index is 651. The van der Waals surface area contributed by atoms with Crippen LogP contribution in [0.5, 0.6) is 0 Å². The van der Waals surface area contributed by atoms with E-state index >= 15 is 0 Å². The van der Waals surface area contributed by atoms with Crippen molar-refractivity contribution in [2.24, 2.45) is 0 Å². The van der Waals surface area contributed by atoms with Crippen molar-refractivity contribution in [1.82, 2.24) is 9.66 Å². The highest BCUT2D eigenvalue weighted by Crippen LogP contribution is 2.21. The second-order valence-corrected chi connectivity index (χ2v) is 4.46. The largest absolute Gasteiger partial charge is 0.333 e. The third-order valence-electron chi connectivity index (χ3n) is 2.60. The van der Waals surface area contributed by atoms with E-state index in [9.17, 15) is 4.79 Å². The molecule has 6 heteroatoms. The monoisotopic (exact) mass is 264 g/mol. The summed E-state index contributed by atoms with van der Waals surface area (Å²) in [7, 11) is 0. The predicted molar refractivity (Wildman–Crippen MR) is 72.9 cm³/mol. The van der Waals surface area contributed by atoms with Crippen molar-refractivity contribution >= 4 is 23.2 Å². The molecule has 0 aliphatic rings. The summed E-state index contributed by atoms with van der Waals surface area (Å²) in [6, 6.07) is 5.38. The number of aromatic nitrogens is 2. The van der Waals surface area contributed by atoms with E-state index in [1.165, 1.54) is 6.20 Å². The molecule has 0 amide bonds. The van der Waals surface area contributed by atoms with Gasteiger partial charge in [0.05, 0.1) is 0 Å². The molecule has 0 bridgehead atoms. The molecule has 0 unspecified atom stereocenters. The van der Waals surface area contributed by atoms with Crippen molar-refractivity contribution < 1.29 is 0 Å². The Kier molecular flexibility index (Phi) is 3.25. The molecule has 0 fully saturated rings. The Morgan fingerprint density at radius 1 is 1.33 bits per heavy atom. The van der Waals surface area contributed by atoms with Crippen LogP contribution < -0.4 is 16.7 Å². The van der Waals surface area contributed by atoms with E-state index < -0.39 is 0 Å². The number of nitrogens with one attached hydrogen (secondary N) is 1. The molecule has 0 radical (unpaired) electrons. The van der Waals surface area contributed by atoms with Crippen LogP contribution in [0.4, 0.5) is 11.6 Å². The van der Waals surface area contributed by atoms with E-state index in [1.54, 1.807) is 13.0 Å². The number of nitrogens with two attached hydrogens (primary N) is 1. The lowest BCUT2D eigenvalue weighted by Crippen LogP contribution is -2.31.